The first-order valence-electron chi connectivity index (χ1n) is 10.1. The van der Waals surface area contributed by atoms with E-state index in [0.29, 0.717) is 16.9 Å². The molecule has 7 heteroatoms. The summed E-state index contributed by atoms with van der Waals surface area (Å²) < 4.78 is 40.3. The van der Waals surface area contributed by atoms with E-state index in [0.717, 1.165) is 30.7 Å². The number of rotatable bonds is 3. The molecule has 1 atom stereocenters. The van der Waals surface area contributed by atoms with Crippen LogP contribution in [-0.2, 0) is 12.6 Å². The first-order valence-corrected chi connectivity index (χ1v) is 10.1. The minimum atomic E-state index is -4.48. The third kappa shape index (κ3) is 3.71. The highest BCUT2D eigenvalue weighted by atomic mass is 19.4. The molecule has 5 rings (SSSR count). The number of benzene rings is 2. The summed E-state index contributed by atoms with van der Waals surface area (Å²) in [7, 11) is 0. The van der Waals surface area contributed by atoms with Crippen molar-refractivity contribution in [2.45, 2.75) is 31.5 Å². The van der Waals surface area contributed by atoms with Gasteiger partial charge in [0.15, 0.2) is 0 Å². The Balaban J connectivity index is 1.53. The van der Waals surface area contributed by atoms with Crippen LogP contribution in [0, 0.1) is 0 Å². The highest BCUT2D eigenvalue weighted by molar-refractivity contribution is 5.92. The average molecular weight is 420 g/mol. The molecule has 31 heavy (non-hydrogen) atoms. The SMILES string of the molecule is FC(F)(F)c1cccnc1-c1ccc2c(N[C@H]3CCCc4ccccc43)ncnc2c1. The molecule has 0 aliphatic heterocycles. The van der Waals surface area contributed by atoms with Crippen molar-refractivity contribution >= 4 is 16.7 Å². The zero-order valence-electron chi connectivity index (χ0n) is 16.5. The van der Waals surface area contributed by atoms with E-state index in [2.05, 4.69) is 38.5 Å². The molecule has 1 aliphatic carbocycles. The summed E-state index contributed by atoms with van der Waals surface area (Å²) in [5, 5.41) is 4.29. The molecule has 0 saturated carbocycles. The van der Waals surface area contributed by atoms with Gasteiger partial charge in [-0.1, -0.05) is 30.3 Å². The second-order valence-electron chi connectivity index (χ2n) is 7.64. The van der Waals surface area contributed by atoms with Crippen LogP contribution in [0.2, 0.25) is 0 Å². The van der Waals surface area contributed by atoms with Crippen LogP contribution >= 0.6 is 0 Å². The van der Waals surface area contributed by atoms with Gasteiger partial charge >= 0.3 is 6.18 Å². The molecule has 156 valence electrons. The predicted molar refractivity (Wildman–Crippen MR) is 114 cm³/mol. The van der Waals surface area contributed by atoms with Crippen LogP contribution in [0.25, 0.3) is 22.2 Å². The second kappa shape index (κ2) is 7.65. The summed E-state index contributed by atoms with van der Waals surface area (Å²) in [4.78, 5) is 12.7. The summed E-state index contributed by atoms with van der Waals surface area (Å²) in [5.74, 6) is 0.676. The zero-order chi connectivity index (χ0) is 21.4. The standard InChI is InChI=1S/C24H19F3N4/c25-24(26,27)19-8-4-12-28-22(19)16-10-11-18-21(13-16)29-14-30-23(18)31-20-9-3-6-15-5-1-2-7-17(15)20/h1-2,4-5,7-8,10-14,20H,3,6,9H2,(H,29,30,31)/t20-/m0/s1. The average Bonchev–Trinajstić information content (AvgIpc) is 2.79. The molecule has 4 nitrogen and oxygen atoms in total. The lowest BCUT2D eigenvalue weighted by Crippen LogP contribution is -2.18. The van der Waals surface area contributed by atoms with Gasteiger partial charge in [-0.2, -0.15) is 13.2 Å². The van der Waals surface area contributed by atoms with E-state index in [9.17, 15) is 13.2 Å². The number of nitrogens with one attached hydrogen (secondary N) is 1. The first-order chi connectivity index (χ1) is 15.0. The van der Waals surface area contributed by atoms with Crippen molar-refractivity contribution in [2.24, 2.45) is 0 Å². The zero-order valence-corrected chi connectivity index (χ0v) is 16.5. The predicted octanol–water partition coefficient (Wildman–Crippen LogP) is 6.20. The molecular formula is C24H19F3N4. The van der Waals surface area contributed by atoms with E-state index in [-0.39, 0.29) is 11.7 Å². The Labute approximate surface area is 177 Å². The van der Waals surface area contributed by atoms with Crippen LogP contribution in [0.15, 0.2) is 67.1 Å². The Morgan fingerprint density at radius 2 is 1.81 bits per heavy atom. The van der Waals surface area contributed by atoms with E-state index >= 15 is 0 Å². The van der Waals surface area contributed by atoms with Gasteiger partial charge in [-0.3, -0.25) is 4.98 Å². The summed E-state index contributed by atoms with van der Waals surface area (Å²) in [6.07, 6.45) is 1.46. The van der Waals surface area contributed by atoms with E-state index in [1.807, 2.05) is 6.07 Å². The van der Waals surface area contributed by atoms with Crippen molar-refractivity contribution in [3.63, 3.8) is 0 Å². The maximum atomic E-state index is 13.4. The number of aryl methyl sites for hydroxylation is 1. The van der Waals surface area contributed by atoms with Crippen LogP contribution in [0.3, 0.4) is 0 Å². The third-order valence-electron chi connectivity index (χ3n) is 5.70. The van der Waals surface area contributed by atoms with Gasteiger partial charge in [0.25, 0.3) is 0 Å². The lowest BCUT2D eigenvalue weighted by Gasteiger charge is -2.27. The maximum Gasteiger partial charge on any atom is 0.418 e. The molecule has 0 fully saturated rings. The smallest absolute Gasteiger partial charge is 0.363 e. The van der Waals surface area contributed by atoms with Crippen molar-refractivity contribution in [1.82, 2.24) is 15.0 Å². The molecule has 0 radical (unpaired) electrons. The van der Waals surface area contributed by atoms with Crippen molar-refractivity contribution in [1.29, 1.82) is 0 Å². The first kappa shape index (κ1) is 19.5. The molecular weight excluding hydrogens is 401 g/mol. The Morgan fingerprint density at radius 3 is 2.68 bits per heavy atom. The van der Waals surface area contributed by atoms with E-state index < -0.39 is 11.7 Å². The highest BCUT2D eigenvalue weighted by Crippen LogP contribution is 2.37. The number of nitrogens with zero attached hydrogens (tertiary/aromatic N) is 3. The summed E-state index contributed by atoms with van der Waals surface area (Å²) in [6.45, 7) is 0. The van der Waals surface area contributed by atoms with Crippen molar-refractivity contribution in [3.8, 4) is 11.3 Å². The lowest BCUT2D eigenvalue weighted by molar-refractivity contribution is -0.137. The fraction of sp³-hybridized carbons (Fsp3) is 0.208. The maximum absolute atomic E-state index is 13.4. The van der Waals surface area contributed by atoms with Crippen molar-refractivity contribution < 1.29 is 13.2 Å². The summed E-state index contributed by atoms with van der Waals surface area (Å²) >= 11 is 0. The molecule has 0 spiro atoms. The Hall–Kier alpha value is -3.48. The number of pyridine rings is 1. The monoisotopic (exact) mass is 420 g/mol. The molecule has 2 aromatic carbocycles. The Kier molecular flexibility index (Phi) is 4.81. The van der Waals surface area contributed by atoms with Gasteiger partial charge in [0.05, 0.1) is 22.8 Å². The van der Waals surface area contributed by atoms with Crippen LogP contribution in [0.4, 0.5) is 19.0 Å². The topological polar surface area (TPSA) is 50.7 Å². The lowest BCUT2D eigenvalue weighted by atomic mass is 9.87. The normalized spacial score (nSPS) is 16.2. The van der Waals surface area contributed by atoms with Gasteiger partial charge in [0, 0.05) is 17.1 Å². The van der Waals surface area contributed by atoms with Crippen LogP contribution in [-0.4, -0.2) is 15.0 Å². The van der Waals surface area contributed by atoms with Gasteiger partial charge in [-0.15, -0.1) is 0 Å². The minimum Gasteiger partial charge on any atom is -0.363 e. The minimum absolute atomic E-state index is 0.105. The van der Waals surface area contributed by atoms with Crippen LogP contribution in [0.1, 0.15) is 35.6 Å². The van der Waals surface area contributed by atoms with Gasteiger partial charge in [-0.05, 0) is 54.7 Å². The Morgan fingerprint density at radius 1 is 0.935 bits per heavy atom. The van der Waals surface area contributed by atoms with Gasteiger partial charge in [-0.25, -0.2) is 9.97 Å². The molecule has 0 amide bonds. The number of fused-ring (bicyclic) bond motifs is 2. The van der Waals surface area contributed by atoms with E-state index in [4.69, 9.17) is 0 Å². The molecule has 1 aliphatic rings. The third-order valence-corrected chi connectivity index (χ3v) is 5.70. The van der Waals surface area contributed by atoms with E-state index in [1.54, 1.807) is 18.2 Å². The number of hydrogen-bond donors (Lipinski definition) is 1. The highest BCUT2D eigenvalue weighted by Gasteiger charge is 2.34. The summed E-state index contributed by atoms with van der Waals surface area (Å²) in [5.41, 5.74) is 2.67. The van der Waals surface area contributed by atoms with Gasteiger partial charge < -0.3 is 5.32 Å². The molecule has 2 heterocycles. The molecule has 2 aromatic heterocycles. The van der Waals surface area contributed by atoms with Crippen LogP contribution < -0.4 is 5.32 Å². The summed E-state index contributed by atoms with van der Waals surface area (Å²) in [6, 6.07) is 15.9. The quantitative estimate of drug-likeness (QED) is 0.429. The molecule has 0 saturated heterocycles. The second-order valence-corrected chi connectivity index (χ2v) is 7.64. The van der Waals surface area contributed by atoms with E-state index in [1.165, 1.54) is 29.7 Å². The number of hydrogen-bond acceptors (Lipinski definition) is 4. The molecule has 4 aromatic rings. The van der Waals surface area contributed by atoms with Crippen molar-refractivity contribution in [3.05, 3.63) is 83.8 Å². The van der Waals surface area contributed by atoms with Gasteiger partial charge in [0.2, 0.25) is 0 Å². The van der Waals surface area contributed by atoms with Crippen LogP contribution in [0.5, 0.6) is 0 Å². The largest absolute Gasteiger partial charge is 0.418 e. The number of anilines is 1. The molecule has 0 bridgehead atoms. The number of halogens is 3. The number of alkyl halides is 3. The van der Waals surface area contributed by atoms with Crippen molar-refractivity contribution in [2.75, 3.05) is 5.32 Å². The Bertz CT molecular complexity index is 1250. The fourth-order valence-corrected chi connectivity index (χ4v) is 4.25. The van der Waals surface area contributed by atoms with Gasteiger partial charge in [0.1, 0.15) is 12.1 Å². The molecule has 0 unspecified atom stereocenters. The fourth-order valence-electron chi connectivity index (χ4n) is 4.25. The molecule has 1 N–H and O–H groups in total. The number of aromatic nitrogens is 3.